The van der Waals surface area contributed by atoms with Crippen molar-refractivity contribution in [1.29, 1.82) is 0 Å². The highest BCUT2D eigenvalue weighted by Gasteiger charge is 2.35. The lowest BCUT2D eigenvalue weighted by atomic mass is 10.1. The number of non-ortho nitro benzene ring substituents is 1. The topological polar surface area (TPSA) is 157 Å². The third kappa shape index (κ3) is 4.41. The zero-order valence-corrected chi connectivity index (χ0v) is 15.5. The maximum atomic E-state index is 12.2. The van der Waals surface area contributed by atoms with Gasteiger partial charge in [0.15, 0.2) is 0 Å². The first kappa shape index (κ1) is 20.4. The quantitative estimate of drug-likeness (QED) is 0.455. The largest absolute Gasteiger partial charge is 0.390 e. The number of rotatable bonds is 6. The highest BCUT2D eigenvalue weighted by atomic mass is 16.6. The molecule has 3 atom stereocenters. The molecule has 1 aromatic heterocycles. The van der Waals surface area contributed by atoms with Crippen molar-refractivity contribution in [3.8, 4) is 0 Å². The Morgan fingerprint density at radius 3 is 2.69 bits per heavy atom. The molecule has 11 nitrogen and oxygen atoms in total. The van der Waals surface area contributed by atoms with Gasteiger partial charge in [-0.25, -0.2) is 4.79 Å². The number of aliphatic hydroxyl groups excluding tert-OH is 1. The van der Waals surface area contributed by atoms with Crippen LogP contribution in [0, 0.1) is 10.1 Å². The van der Waals surface area contributed by atoms with Crippen LogP contribution in [0.25, 0.3) is 0 Å². The van der Waals surface area contributed by atoms with E-state index >= 15 is 0 Å². The molecule has 0 radical (unpaired) electrons. The molecule has 0 bridgehead atoms. The zero-order valence-electron chi connectivity index (χ0n) is 15.5. The summed E-state index contributed by atoms with van der Waals surface area (Å²) in [7, 11) is 0. The molecule has 3 rings (SSSR count). The fourth-order valence-corrected chi connectivity index (χ4v) is 3.09. The number of carbonyl (C=O) groups is 1. The number of nitro groups is 1. The van der Waals surface area contributed by atoms with Crippen LogP contribution >= 0.6 is 0 Å². The molecule has 1 aliphatic heterocycles. The molecular formula is C18H20N4O7. The van der Waals surface area contributed by atoms with E-state index in [4.69, 9.17) is 4.74 Å². The molecule has 154 valence electrons. The Bertz CT molecular complexity index is 1030. The first-order valence-electron chi connectivity index (χ1n) is 9.00. The van der Waals surface area contributed by atoms with Gasteiger partial charge in [-0.1, -0.05) is 6.92 Å². The van der Waals surface area contributed by atoms with E-state index in [1.54, 1.807) is 6.92 Å². The van der Waals surface area contributed by atoms with Gasteiger partial charge in [0.05, 0.1) is 11.0 Å². The predicted molar refractivity (Wildman–Crippen MR) is 101 cm³/mol. The monoisotopic (exact) mass is 404 g/mol. The Hall–Kier alpha value is -3.31. The van der Waals surface area contributed by atoms with Crippen LogP contribution in [-0.2, 0) is 11.2 Å². The van der Waals surface area contributed by atoms with E-state index in [9.17, 15) is 29.6 Å². The van der Waals surface area contributed by atoms with Crippen molar-refractivity contribution in [2.75, 3.05) is 6.54 Å². The Labute approximate surface area is 164 Å². The van der Waals surface area contributed by atoms with Crippen LogP contribution in [0.5, 0.6) is 0 Å². The molecular weight excluding hydrogens is 384 g/mol. The molecule has 1 aliphatic rings. The van der Waals surface area contributed by atoms with Gasteiger partial charge in [0, 0.05) is 42.4 Å². The number of carbonyl (C=O) groups excluding carboxylic acids is 1. The van der Waals surface area contributed by atoms with E-state index in [1.165, 1.54) is 35.0 Å². The lowest BCUT2D eigenvalue weighted by molar-refractivity contribution is -0.384. The third-order valence-electron chi connectivity index (χ3n) is 4.74. The Morgan fingerprint density at radius 2 is 2.07 bits per heavy atom. The maximum absolute atomic E-state index is 12.2. The van der Waals surface area contributed by atoms with E-state index in [0.717, 1.165) is 0 Å². The predicted octanol–water partition coefficient (Wildman–Crippen LogP) is 0.0856. The summed E-state index contributed by atoms with van der Waals surface area (Å²) in [6.45, 7) is 1.76. The summed E-state index contributed by atoms with van der Waals surface area (Å²) in [5.41, 5.74) is -0.586. The molecule has 1 amide bonds. The third-order valence-corrected chi connectivity index (χ3v) is 4.74. The summed E-state index contributed by atoms with van der Waals surface area (Å²) in [6, 6.07) is 5.10. The summed E-state index contributed by atoms with van der Waals surface area (Å²) >= 11 is 0. The van der Waals surface area contributed by atoms with Crippen LogP contribution in [0.4, 0.5) is 5.69 Å². The Morgan fingerprint density at radius 1 is 1.38 bits per heavy atom. The van der Waals surface area contributed by atoms with Crippen LogP contribution in [0.2, 0.25) is 0 Å². The molecule has 1 aromatic carbocycles. The number of aryl methyl sites for hydroxylation is 1. The normalized spacial score (nSPS) is 21.1. The Balaban J connectivity index is 1.64. The molecule has 3 N–H and O–H groups in total. The average Bonchev–Trinajstić information content (AvgIpc) is 3.06. The number of amides is 1. The molecule has 0 saturated carbocycles. The highest BCUT2D eigenvalue weighted by Crippen LogP contribution is 2.27. The first-order chi connectivity index (χ1) is 13.8. The number of benzene rings is 1. The van der Waals surface area contributed by atoms with Crippen LogP contribution in [0.3, 0.4) is 0 Å². The fourth-order valence-electron chi connectivity index (χ4n) is 3.09. The number of hydrogen-bond acceptors (Lipinski definition) is 7. The number of aromatic nitrogens is 2. The summed E-state index contributed by atoms with van der Waals surface area (Å²) < 4.78 is 6.93. The molecule has 0 aliphatic carbocycles. The second-order valence-electron chi connectivity index (χ2n) is 6.62. The van der Waals surface area contributed by atoms with E-state index in [-0.39, 0.29) is 24.2 Å². The fraction of sp³-hybridized carbons (Fsp3) is 0.389. The van der Waals surface area contributed by atoms with Gasteiger partial charge in [-0.3, -0.25) is 29.3 Å². The smallest absolute Gasteiger partial charge is 0.330 e. The van der Waals surface area contributed by atoms with Gasteiger partial charge >= 0.3 is 5.69 Å². The maximum Gasteiger partial charge on any atom is 0.330 e. The molecule has 11 heteroatoms. The number of H-pyrrole nitrogens is 1. The first-order valence-corrected chi connectivity index (χ1v) is 9.00. The minimum Gasteiger partial charge on any atom is -0.390 e. The van der Waals surface area contributed by atoms with Gasteiger partial charge in [-0.2, -0.15) is 0 Å². The molecule has 2 heterocycles. The van der Waals surface area contributed by atoms with Gasteiger partial charge in [-0.15, -0.1) is 0 Å². The average molecular weight is 404 g/mol. The van der Waals surface area contributed by atoms with E-state index in [0.29, 0.717) is 12.0 Å². The minimum absolute atomic E-state index is 0.0216. The van der Waals surface area contributed by atoms with Gasteiger partial charge < -0.3 is 15.2 Å². The second-order valence-corrected chi connectivity index (χ2v) is 6.62. The zero-order chi connectivity index (χ0) is 21.1. The molecule has 0 spiro atoms. The number of aromatic amines is 1. The number of ether oxygens (including phenoxy) is 1. The lowest BCUT2D eigenvalue weighted by Crippen LogP contribution is -2.37. The number of aliphatic hydroxyl groups is 1. The molecule has 1 saturated heterocycles. The number of nitrogens with zero attached hydrogens (tertiary/aromatic N) is 2. The molecule has 1 fully saturated rings. The van der Waals surface area contributed by atoms with Gasteiger partial charge in [0.2, 0.25) is 0 Å². The van der Waals surface area contributed by atoms with Crippen LogP contribution in [0.15, 0.2) is 40.1 Å². The molecule has 29 heavy (non-hydrogen) atoms. The van der Waals surface area contributed by atoms with Crippen molar-refractivity contribution >= 4 is 11.6 Å². The van der Waals surface area contributed by atoms with Crippen LogP contribution < -0.4 is 16.6 Å². The lowest BCUT2D eigenvalue weighted by Gasteiger charge is -2.17. The molecule has 0 unspecified atom stereocenters. The summed E-state index contributed by atoms with van der Waals surface area (Å²) in [4.78, 5) is 48.3. The van der Waals surface area contributed by atoms with Crippen molar-refractivity contribution in [2.24, 2.45) is 0 Å². The van der Waals surface area contributed by atoms with Gasteiger partial charge in [0.25, 0.3) is 17.2 Å². The van der Waals surface area contributed by atoms with Crippen LogP contribution in [0.1, 0.15) is 35.5 Å². The standard InChI is InChI=1S/C18H20N4O7/c1-2-10-9-21(18(26)20-17(10)25)15-7-13(23)14(29-15)8-19-16(24)11-3-5-12(6-4-11)22(27)28/h3-6,9,13-15,23H,2,7-8H2,1H3,(H,19,24)(H,20,25,26)/t13-,14+,15+/m0/s1. The van der Waals surface area contributed by atoms with Crippen LogP contribution in [-0.4, -0.2) is 44.2 Å². The van der Waals surface area contributed by atoms with Crippen molar-refractivity contribution in [2.45, 2.75) is 38.2 Å². The minimum atomic E-state index is -0.930. The van der Waals surface area contributed by atoms with Crippen molar-refractivity contribution in [1.82, 2.24) is 14.9 Å². The van der Waals surface area contributed by atoms with Crippen molar-refractivity contribution in [3.05, 3.63) is 72.5 Å². The highest BCUT2D eigenvalue weighted by molar-refractivity contribution is 5.94. The second kappa shape index (κ2) is 8.37. The van der Waals surface area contributed by atoms with Crippen molar-refractivity contribution < 1.29 is 19.6 Å². The number of nitrogens with one attached hydrogen (secondary N) is 2. The number of nitro benzene ring substituents is 1. The summed E-state index contributed by atoms with van der Waals surface area (Å²) in [5, 5.41) is 23.5. The summed E-state index contributed by atoms with van der Waals surface area (Å²) in [6.07, 6.45) is -0.503. The Kier molecular flexibility index (Phi) is 5.89. The van der Waals surface area contributed by atoms with E-state index < -0.39 is 40.5 Å². The van der Waals surface area contributed by atoms with Gasteiger partial charge in [0.1, 0.15) is 12.3 Å². The summed E-state index contributed by atoms with van der Waals surface area (Å²) in [5.74, 6) is -0.478. The van der Waals surface area contributed by atoms with E-state index in [2.05, 4.69) is 10.3 Å². The SMILES string of the molecule is CCc1cn([C@H]2C[C@H](O)[C@@H](CNC(=O)c3ccc([N+](=O)[O-])cc3)O2)c(=O)[nH]c1=O. The molecule has 2 aromatic rings. The van der Waals surface area contributed by atoms with Gasteiger partial charge in [-0.05, 0) is 18.6 Å². The number of hydrogen-bond donors (Lipinski definition) is 3. The van der Waals surface area contributed by atoms with E-state index in [1.807, 2.05) is 0 Å². The van der Waals surface area contributed by atoms with Crippen molar-refractivity contribution in [3.63, 3.8) is 0 Å².